The number of aryl methyl sites for hydroxylation is 1. The maximum absolute atomic E-state index is 5.79. The molecule has 2 heterocycles. The van der Waals surface area contributed by atoms with Crippen molar-refractivity contribution in [1.29, 1.82) is 0 Å². The topological polar surface area (TPSA) is 63.8 Å². The molecule has 31 heavy (non-hydrogen) atoms. The molecule has 2 aromatic heterocycles. The predicted octanol–water partition coefficient (Wildman–Crippen LogP) is 7.02. The summed E-state index contributed by atoms with van der Waals surface area (Å²) in [6.07, 6.45) is 7.54. The number of nitrogens with zero attached hydrogens (tertiary/aromatic N) is 2. The van der Waals surface area contributed by atoms with Gasteiger partial charge in [0.1, 0.15) is 0 Å². The van der Waals surface area contributed by atoms with Crippen molar-refractivity contribution in [3.8, 4) is 11.1 Å². The maximum Gasteiger partial charge on any atom is 0.0506 e. The minimum absolute atomic E-state index is 0.653. The van der Waals surface area contributed by atoms with Crippen LogP contribution in [0.25, 0.3) is 16.7 Å². The molecule has 3 rings (SSSR count). The van der Waals surface area contributed by atoms with Gasteiger partial charge in [-0.1, -0.05) is 58.1 Å². The van der Waals surface area contributed by atoms with Gasteiger partial charge in [-0.3, -0.25) is 9.97 Å². The van der Waals surface area contributed by atoms with Crippen LogP contribution in [0.15, 0.2) is 79.8 Å². The van der Waals surface area contributed by atoms with Gasteiger partial charge in [0.25, 0.3) is 0 Å². The molecule has 3 N–H and O–H groups in total. The summed E-state index contributed by atoms with van der Waals surface area (Å²) in [4.78, 5) is 8.23. The molecular weight excluding hydrogens is 380 g/mol. The first-order chi connectivity index (χ1) is 14.9. The van der Waals surface area contributed by atoms with E-state index in [9.17, 15) is 0 Å². The fourth-order valence-corrected chi connectivity index (χ4v) is 2.64. The third-order valence-electron chi connectivity index (χ3n) is 4.31. The fourth-order valence-electron chi connectivity index (χ4n) is 2.64. The van der Waals surface area contributed by atoms with Gasteiger partial charge in [0, 0.05) is 48.1 Å². The van der Waals surface area contributed by atoms with Crippen molar-refractivity contribution in [1.82, 2.24) is 9.97 Å². The number of benzene rings is 1. The first-order valence-electron chi connectivity index (χ1n) is 10.7. The van der Waals surface area contributed by atoms with Crippen LogP contribution in [0.1, 0.15) is 45.4 Å². The van der Waals surface area contributed by atoms with E-state index >= 15 is 0 Å². The molecule has 0 saturated carbocycles. The highest BCUT2D eigenvalue weighted by Gasteiger charge is 2.08. The second-order valence-electron chi connectivity index (χ2n) is 7.16. The molecule has 0 unspecified atom stereocenters. The Hall–Kier alpha value is -3.40. The second kappa shape index (κ2) is 13.8. The Morgan fingerprint density at radius 1 is 1.00 bits per heavy atom. The van der Waals surface area contributed by atoms with Crippen molar-refractivity contribution in [3.63, 3.8) is 0 Å². The van der Waals surface area contributed by atoms with Crippen molar-refractivity contribution in [2.45, 2.75) is 40.5 Å². The number of rotatable bonds is 5. The van der Waals surface area contributed by atoms with Gasteiger partial charge in [-0.2, -0.15) is 0 Å². The van der Waals surface area contributed by atoms with Gasteiger partial charge in [-0.05, 0) is 54.8 Å². The van der Waals surface area contributed by atoms with Crippen molar-refractivity contribution in [2.75, 3.05) is 18.1 Å². The lowest BCUT2D eigenvalue weighted by Crippen LogP contribution is -1.96. The lowest BCUT2D eigenvalue weighted by atomic mass is 9.95. The van der Waals surface area contributed by atoms with Crippen LogP contribution >= 0.6 is 0 Å². The molecule has 164 valence electrons. The molecule has 0 aliphatic rings. The van der Waals surface area contributed by atoms with Crippen molar-refractivity contribution >= 4 is 16.9 Å². The Morgan fingerprint density at radius 2 is 1.71 bits per heavy atom. The number of nitrogens with one attached hydrogen (secondary N) is 1. The van der Waals surface area contributed by atoms with Crippen molar-refractivity contribution < 1.29 is 0 Å². The number of pyridine rings is 2. The molecule has 0 bridgehead atoms. The van der Waals surface area contributed by atoms with Crippen LogP contribution in [-0.2, 0) is 6.42 Å². The van der Waals surface area contributed by atoms with E-state index in [0.717, 1.165) is 45.6 Å². The van der Waals surface area contributed by atoms with Crippen LogP contribution in [0.4, 0.5) is 11.4 Å². The Labute approximate surface area is 188 Å². The summed E-state index contributed by atoms with van der Waals surface area (Å²) in [5, 5.41) is 3.18. The van der Waals surface area contributed by atoms with E-state index in [4.69, 9.17) is 5.73 Å². The molecule has 0 spiro atoms. The van der Waals surface area contributed by atoms with Gasteiger partial charge in [0.2, 0.25) is 0 Å². The third kappa shape index (κ3) is 8.47. The molecule has 0 radical (unpaired) electrons. The van der Waals surface area contributed by atoms with Crippen LogP contribution < -0.4 is 11.1 Å². The molecule has 0 amide bonds. The smallest absolute Gasteiger partial charge is 0.0506 e. The van der Waals surface area contributed by atoms with Gasteiger partial charge >= 0.3 is 0 Å². The second-order valence-corrected chi connectivity index (χ2v) is 7.16. The predicted molar refractivity (Wildman–Crippen MR) is 137 cm³/mol. The van der Waals surface area contributed by atoms with Crippen LogP contribution in [0.3, 0.4) is 0 Å². The monoisotopic (exact) mass is 416 g/mol. The zero-order chi connectivity index (χ0) is 23.2. The summed E-state index contributed by atoms with van der Waals surface area (Å²) >= 11 is 0. The van der Waals surface area contributed by atoms with Crippen LogP contribution in [0.2, 0.25) is 0 Å². The quantitative estimate of drug-likeness (QED) is 0.439. The Morgan fingerprint density at radius 3 is 2.19 bits per heavy atom. The fraction of sp³-hybridized carbons (Fsp3) is 0.259. The molecule has 3 aromatic rings. The maximum atomic E-state index is 5.79. The summed E-state index contributed by atoms with van der Waals surface area (Å²) in [6.45, 7) is 16.4. The molecular formula is C27H36N4. The highest BCUT2D eigenvalue weighted by molar-refractivity contribution is 5.86. The van der Waals surface area contributed by atoms with Gasteiger partial charge in [0.15, 0.2) is 0 Å². The zero-order valence-electron chi connectivity index (χ0n) is 19.6. The van der Waals surface area contributed by atoms with Crippen LogP contribution in [0.5, 0.6) is 0 Å². The first kappa shape index (κ1) is 25.6. The van der Waals surface area contributed by atoms with E-state index < -0.39 is 0 Å². The molecule has 4 heteroatoms. The Kier molecular flexibility index (Phi) is 11.4. The summed E-state index contributed by atoms with van der Waals surface area (Å²) in [6, 6.07) is 14.0. The van der Waals surface area contributed by atoms with Crippen molar-refractivity contribution in [2.24, 2.45) is 0 Å². The minimum Gasteiger partial charge on any atom is -0.397 e. The molecule has 0 aliphatic carbocycles. The molecule has 0 fully saturated rings. The van der Waals surface area contributed by atoms with Gasteiger partial charge in [0.05, 0.1) is 5.69 Å². The molecule has 4 nitrogen and oxygen atoms in total. The largest absolute Gasteiger partial charge is 0.397 e. The van der Waals surface area contributed by atoms with Gasteiger partial charge in [-0.15, -0.1) is 0 Å². The number of anilines is 2. The third-order valence-corrected chi connectivity index (χ3v) is 4.31. The average molecular weight is 417 g/mol. The number of nitrogen functional groups attached to an aromatic ring is 1. The number of allylic oxidation sites excluding steroid dienone is 2. The number of hydrogen-bond acceptors (Lipinski definition) is 4. The molecule has 0 aliphatic heterocycles. The number of aromatic nitrogens is 2. The van der Waals surface area contributed by atoms with Gasteiger partial charge in [-0.25, -0.2) is 0 Å². The number of hydrogen-bond donors (Lipinski definition) is 2. The summed E-state index contributed by atoms with van der Waals surface area (Å²) in [5.74, 6) is 0. The van der Waals surface area contributed by atoms with E-state index in [1.165, 1.54) is 6.42 Å². The van der Waals surface area contributed by atoms with Gasteiger partial charge < -0.3 is 11.1 Å². The SMILES string of the molecule is C=C(C)C(=C)c1cc(-c2cncc(N)c2)ccc1NC.CCC.CCc1ccccn1. The van der Waals surface area contributed by atoms with Crippen molar-refractivity contribution in [3.05, 3.63) is 91.0 Å². The standard InChI is InChI=1S/C17H19N3.C7H9N.C3H8/c1-11(2)12(3)16-8-13(5-6-17(16)19-4)14-7-15(18)10-20-9-14;1-2-7-5-3-4-6-8-7;1-3-2/h5-10,19H,1,3,18H2,2,4H3;3-6H,2H2,1H3;3H2,1-2H3. The normalized spacial score (nSPS) is 9.45. The summed E-state index contributed by atoms with van der Waals surface area (Å²) in [7, 11) is 1.90. The lowest BCUT2D eigenvalue weighted by molar-refractivity contribution is 1.04. The average Bonchev–Trinajstić information content (AvgIpc) is 2.79. The van der Waals surface area contributed by atoms with Crippen LogP contribution in [0, 0.1) is 0 Å². The Bertz CT molecular complexity index is 962. The summed E-state index contributed by atoms with van der Waals surface area (Å²) < 4.78 is 0. The van der Waals surface area contributed by atoms with E-state index in [0.29, 0.717) is 5.69 Å². The van der Waals surface area contributed by atoms with E-state index in [1.54, 1.807) is 12.4 Å². The highest BCUT2D eigenvalue weighted by Crippen LogP contribution is 2.32. The highest BCUT2D eigenvalue weighted by atomic mass is 14.8. The lowest BCUT2D eigenvalue weighted by Gasteiger charge is -2.14. The zero-order valence-corrected chi connectivity index (χ0v) is 19.6. The molecule has 0 atom stereocenters. The molecule has 0 saturated heterocycles. The Balaban J connectivity index is 0.000000361. The minimum atomic E-state index is 0.653. The first-order valence-corrected chi connectivity index (χ1v) is 10.7. The number of nitrogens with two attached hydrogens (primary N) is 1. The molecule has 1 aromatic carbocycles. The summed E-state index contributed by atoms with van der Waals surface area (Å²) in [5.41, 5.74) is 13.6. The van der Waals surface area contributed by atoms with E-state index in [1.807, 2.05) is 56.6 Å². The van der Waals surface area contributed by atoms with E-state index in [2.05, 4.69) is 55.3 Å². The van der Waals surface area contributed by atoms with E-state index in [-0.39, 0.29) is 0 Å². The van der Waals surface area contributed by atoms with Crippen LogP contribution in [-0.4, -0.2) is 17.0 Å².